The van der Waals surface area contributed by atoms with Gasteiger partial charge in [0.05, 0.1) is 0 Å². The van der Waals surface area contributed by atoms with Crippen LogP contribution in [0.3, 0.4) is 0 Å². The first-order chi connectivity index (χ1) is 9.97. The number of amides is 2. The van der Waals surface area contributed by atoms with E-state index in [0.717, 1.165) is 25.7 Å². The molecule has 1 fully saturated rings. The van der Waals surface area contributed by atoms with Gasteiger partial charge < -0.3 is 16.0 Å². The van der Waals surface area contributed by atoms with Crippen LogP contribution in [0.25, 0.3) is 0 Å². The van der Waals surface area contributed by atoms with E-state index in [1.165, 1.54) is 4.90 Å². The summed E-state index contributed by atoms with van der Waals surface area (Å²) in [4.78, 5) is 25.7. The highest BCUT2D eigenvalue weighted by Crippen LogP contribution is 2.17. The summed E-state index contributed by atoms with van der Waals surface area (Å²) in [5.41, 5.74) is 6.92. The maximum Gasteiger partial charge on any atom is 0.253 e. The average molecular weight is 289 g/mol. The molecule has 2 amide bonds. The second-order valence-corrected chi connectivity index (χ2v) is 5.87. The van der Waals surface area contributed by atoms with Crippen molar-refractivity contribution in [3.63, 3.8) is 0 Å². The molecular formula is C16H23N3O2. The lowest BCUT2D eigenvalue weighted by atomic mass is 9.91. The zero-order valence-electron chi connectivity index (χ0n) is 12.6. The number of nitrogens with one attached hydrogen (secondary N) is 1. The highest BCUT2D eigenvalue weighted by Gasteiger charge is 2.21. The van der Waals surface area contributed by atoms with Gasteiger partial charge in [-0.05, 0) is 43.9 Å². The van der Waals surface area contributed by atoms with E-state index in [-0.39, 0.29) is 23.9 Å². The van der Waals surface area contributed by atoms with Crippen LogP contribution in [0.1, 0.15) is 46.4 Å². The summed E-state index contributed by atoms with van der Waals surface area (Å²) < 4.78 is 0. The molecule has 1 aliphatic rings. The molecule has 114 valence electrons. The first-order valence-corrected chi connectivity index (χ1v) is 7.35. The van der Waals surface area contributed by atoms with Crippen LogP contribution >= 0.6 is 0 Å². The molecule has 0 bridgehead atoms. The molecule has 1 saturated carbocycles. The first-order valence-electron chi connectivity index (χ1n) is 7.35. The summed E-state index contributed by atoms with van der Waals surface area (Å²) in [7, 11) is 3.39. The van der Waals surface area contributed by atoms with Gasteiger partial charge in [0.15, 0.2) is 0 Å². The van der Waals surface area contributed by atoms with Crippen molar-refractivity contribution >= 4 is 11.8 Å². The molecule has 5 heteroatoms. The summed E-state index contributed by atoms with van der Waals surface area (Å²) in [5, 5.41) is 3.03. The standard InChI is InChI=1S/C16H23N3O2/c1-19(2)16(21)12-5-3-4-11(10-12)15(20)18-14-8-6-13(17)7-9-14/h3-5,10,13-14H,6-9,17H2,1-2H3,(H,18,20). The van der Waals surface area contributed by atoms with Crippen molar-refractivity contribution in [2.75, 3.05) is 14.1 Å². The minimum Gasteiger partial charge on any atom is -0.349 e. The van der Waals surface area contributed by atoms with Gasteiger partial charge in [-0.15, -0.1) is 0 Å². The molecule has 21 heavy (non-hydrogen) atoms. The van der Waals surface area contributed by atoms with Crippen molar-refractivity contribution in [3.8, 4) is 0 Å². The third-order valence-corrected chi connectivity index (χ3v) is 3.88. The minimum absolute atomic E-state index is 0.103. The van der Waals surface area contributed by atoms with Crippen LogP contribution in [0.2, 0.25) is 0 Å². The van der Waals surface area contributed by atoms with Gasteiger partial charge in [0.1, 0.15) is 0 Å². The number of carbonyl (C=O) groups is 2. The van der Waals surface area contributed by atoms with Gasteiger partial charge in [-0.2, -0.15) is 0 Å². The molecule has 1 aliphatic carbocycles. The molecule has 1 aromatic rings. The molecule has 0 spiro atoms. The maximum absolute atomic E-state index is 12.3. The zero-order chi connectivity index (χ0) is 15.4. The Morgan fingerprint density at radius 1 is 1.14 bits per heavy atom. The Balaban J connectivity index is 2.02. The third kappa shape index (κ3) is 4.04. The van der Waals surface area contributed by atoms with Gasteiger partial charge in [-0.25, -0.2) is 0 Å². The van der Waals surface area contributed by atoms with E-state index in [1.807, 2.05) is 0 Å². The lowest BCUT2D eigenvalue weighted by molar-refractivity contribution is 0.0827. The van der Waals surface area contributed by atoms with Gasteiger partial charge in [0.25, 0.3) is 11.8 Å². The highest BCUT2D eigenvalue weighted by molar-refractivity contribution is 5.99. The van der Waals surface area contributed by atoms with Crippen LogP contribution in [-0.2, 0) is 0 Å². The Hall–Kier alpha value is -1.88. The number of nitrogens with zero attached hydrogens (tertiary/aromatic N) is 1. The molecule has 3 N–H and O–H groups in total. The number of rotatable bonds is 3. The summed E-state index contributed by atoms with van der Waals surface area (Å²) >= 11 is 0. The molecule has 2 rings (SSSR count). The predicted molar refractivity (Wildman–Crippen MR) is 82.2 cm³/mol. The molecule has 0 heterocycles. The summed E-state index contributed by atoms with van der Waals surface area (Å²) in [6.45, 7) is 0. The van der Waals surface area contributed by atoms with Gasteiger partial charge in [-0.1, -0.05) is 6.07 Å². The molecule has 0 saturated heterocycles. The Morgan fingerprint density at radius 3 is 2.38 bits per heavy atom. The topological polar surface area (TPSA) is 75.4 Å². The van der Waals surface area contributed by atoms with Crippen LogP contribution in [0.5, 0.6) is 0 Å². The van der Waals surface area contributed by atoms with Gasteiger partial charge in [0, 0.05) is 37.3 Å². The summed E-state index contributed by atoms with van der Waals surface area (Å²) in [6, 6.07) is 7.29. The summed E-state index contributed by atoms with van der Waals surface area (Å²) in [6.07, 6.45) is 3.74. The number of benzene rings is 1. The van der Waals surface area contributed by atoms with Crippen LogP contribution in [0.15, 0.2) is 24.3 Å². The van der Waals surface area contributed by atoms with E-state index in [0.29, 0.717) is 11.1 Å². The van der Waals surface area contributed by atoms with Crippen molar-refractivity contribution in [2.24, 2.45) is 5.73 Å². The number of hydrogen-bond acceptors (Lipinski definition) is 3. The molecule has 0 radical (unpaired) electrons. The Morgan fingerprint density at radius 2 is 1.76 bits per heavy atom. The van der Waals surface area contributed by atoms with E-state index in [4.69, 9.17) is 5.73 Å². The Labute approximate surface area is 125 Å². The van der Waals surface area contributed by atoms with E-state index in [9.17, 15) is 9.59 Å². The number of hydrogen-bond donors (Lipinski definition) is 2. The fraction of sp³-hybridized carbons (Fsp3) is 0.500. The molecule has 0 unspecified atom stereocenters. The van der Waals surface area contributed by atoms with E-state index in [2.05, 4.69) is 5.32 Å². The van der Waals surface area contributed by atoms with Crippen molar-refractivity contribution < 1.29 is 9.59 Å². The minimum atomic E-state index is -0.121. The third-order valence-electron chi connectivity index (χ3n) is 3.88. The SMILES string of the molecule is CN(C)C(=O)c1cccc(C(=O)NC2CCC(N)CC2)c1. The molecule has 1 aromatic carbocycles. The van der Waals surface area contributed by atoms with Gasteiger partial charge in [-0.3, -0.25) is 9.59 Å². The lowest BCUT2D eigenvalue weighted by Gasteiger charge is -2.26. The van der Waals surface area contributed by atoms with E-state index < -0.39 is 0 Å². The van der Waals surface area contributed by atoms with Crippen molar-refractivity contribution in [1.82, 2.24) is 10.2 Å². The molecule has 5 nitrogen and oxygen atoms in total. The quantitative estimate of drug-likeness (QED) is 0.883. The fourth-order valence-electron chi connectivity index (χ4n) is 2.58. The maximum atomic E-state index is 12.3. The second-order valence-electron chi connectivity index (χ2n) is 5.87. The van der Waals surface area contributed by atoms with Crippen molar-refractivity contribution in [1.29, 1.82) is 0 Å². The van der Waals surface area contributed by atoms with Gasteiger partial charge >= 0.3 is 0 Å². The number of nitrogens with two attached hydrogens (primary N) is 1. The first kappa shape index (κ1) is 15.5. The molecule has 0 atom stereocenters. The van der Waals surface area contributed by atoms with Crippen LogP contribution < -0.4 is 11.1 Å². The number of carbonyl (C=O) groups excluding carboxylic acids is 2. The van der Waals surface area contributed by atoms with Crippen LogP contribution in [0.4, 0.5) is 0 Å². The monoisotopic (exact) mass is 289 g/mol. The van der Waals surface area contributed by atoms with Crippen molar-refractivity contribution in [3.05, 3.63) is 35.4 Å². The second kappa shape index (κ2) is 6.72. The normalized spacial score (nSPS) is 21.7. The smallest absolute Gasteiger partial charge is 0.253 e. The van der Waals surface area contributed by atoms with E-state index >= 15 is 0 Å². The van der Waals surface area contributed by atoms with Crippen LogP contribution in [0, 0.1) is 0 Å². The lowest BCUT2D eigenvalue weighted by Crippen LogP contribution is -2.40. The largest absolute Gasteiger partial charge is 0.349 e. The fourth-order valence-corrected chi connectivity index (χ4v) is 2.58. The molecule has 0 aromatic heterocycles. The Bertz CT molecular complexity index is 520. The van der Waals surface area contributed by atoms with E-state index in [1.54, 1.807) is 38.4 Å². The Kier molecular flexibility index (Phi) is 4.96. The zero-order valence-corrected chi connectivity index (χ0v) is 12.6. The van der Waals surface area contributed by atoms with Gasteiger partial charge in [0.2, 0.25) is 0 Å². The highest BCUT2D eigenvalue weighted by atomic mass is 16.2. The molecular weight excluding hydrogens is 266 g/mol. The van der Waals surface area contributed by atoms with Crippen LogP contribution in [-0.4, -0.2) is 42.9 Å². The summed E-state index contributed by atoms with van der Waals surface area (Å²) in [5.74, 6) is -0.225. The molecule has 0 aliphatic heterocycles. The average Bonchev–Trinajstić information content (AvgIpc) is 2.48. The van der Waals surface area contributed by atoms with Crippen molar-refractivity contribution in [2.45, 2.75) is 37.8 Å². The predicted octanol–water partition coefficient (Wildman–Crippen LogP) is 1.39.